The molecule has 1 aromatic carbocycles. The van der Waals surface area contributed by atoms with Gasteiger partial charge in [-0.05, 0) is 31.5 Å². The van der Waals surface area contributed by atoms with Crippen LogP contribution in [0.1, 0.15) is 25.3 Å². The number of methoxy groups -OCH3 is 1. The van der Waals surface area contributed by atoms with Gasteiger partial charge in [-0.2, -0.15) is 0 Å². The topological polar surface area (TPSA) is 61.8 Å². The van der Waals surface area contributed by atoms with Crippen LogP contribution in [-0.2, 0) is 19.1 Å². The van der Waals surface area contributed by atoms with Crippen LogP contribution in [0.5, 0.6) is 5.75 Å². The first-order chi connectivity index (χ1) is 9.13. The van der Waals surface area contributed by atoms with Gasteiger partial charge in [0.25, 0.3) is 0 Å². The molecule has 0 unspecified atom stereocenters. The van der Waals surface area contributed by atoms with Crippen molar-refractivity contribution in [3.8, 4) is 5.75 Å². The Labute approximate surface area is 112 Å². The van der Waals surface area contributed by atoms with Crippen LogP contribution >= 0.6 is 0 Å². The molecule has 0 aliphatic heterocycles. The molecule has 0 saturated heterocycles. The Morgan fingerprint density at radius 1 is 1.11 bits per heavy atom. The fraction of sp³-hybridized carbons (Fsp3) is 0.429. The number of carbonyl (C=O) groups excluding carboxylic acids is 2. The Bertz CT molecular complexity index is 423. The number of ether oxygens (including phenoxy) is 3. The van der Waals surface area contributed by atoms with Gasteiger partial charge in [0.05, 0.1) is 20.3 Å². The van der Waals surface area contributed by atoms with E-state index in [-0.39, 0.29) is 13.2 Å². The van der Waals surface area contributed by atoms with Crippen LogP contribution in [0.15, 0.2) is 24.3 Å². The standard InChI is InChI=1S/C14H18O5/c1-4-18-13(15)12(14(16)19-5-2)10-7-6-8-11(9-10)17-3/h6-9,12H,4-5H2,1-3H3. The minimum atomic E-state index is -1.07. The van der Waals surface area contributed by atoms with Crippen LogP contribution < -0.4 is 4.74 Å². The van der Waals surface area contributed by atoms with Crippen molar-refractivity contribution in [2.24, 2.45) is 0 Å². The molecule has 104 valence electrons. The average Bonchev–Trinajstić information content (AvgIpc) is 2.40. The number of hydrogen-bond donors (Lipinski definition) is 0. The Hall–Kier alpha value is -2.04. The highest BCUT2D eigenvalue weighted by Gasteiger charge is 2.31. The van der Waals surface area contributed by atoms with E-state index in [1.54, 1.807) is 38.1 Å². The van der Waals surface area contributed by atoms with Crippen molar-refractivity contribution in [2.45, 2.75) is 19.8 Å². The monoisotopic (exact) mass is 266 g/mol. The smallest absolute Gasteiger partial charge is 0.324 e. The highest BCUT2D eigenvalue weighted by molar-refractivity contribution is 6.00. The summed E-state index contributed by atoms with van der Waals surface area (Å²) in [6, 6.07) is 6.73. The third-order valence-corrected chi connectivity index (χ3v) is 2.47. The minimum Gasteiger partial charge on any atom is -0.497 e. The molecule has 0 radical (unpaired) electrons. The molecule has 1 rings (SSSR count). The lowest BCUT2D eigenvalue weighted by Crippen LogP contribution is -2.26. The van der Waals surface area contributed by atoms with Gasteiger partial charge in [0, 0.05) is 0 Å². The first kappa shape index (κ1) is 15.0. The van der Waals surface area contributed by atoms with E-state index in [0.717, 1.165) is 0 Å². The summed E-state index contributed by atoms with van der Waals surface area (Å²) in [7, 11) is 1.52. The van der Waals surface area contributed by atoms with Crippen LogP contribution in [0, 0.1) is 0 Å². The molecular formula is C14H18O5. The van der Waals surface area contributed by atoms with Gasteiger partial charge in [-0.1, -0.05) is 12.1 Å². The van der Waals surface area contributed by atoms with E-state index in [2.05, 4.69) is 0 Å². The van der Waals surface area contributed by atoms with Crippen LogP contribution in [0.3, 0.4) is 0 Å². The molecule has 0 aliphatic carbocycles. The van der Waals surface area contributed by atoms with E-state index in [9.17, 15) is 9.59 Å². The second-order valence-corrected chi connectivity index (χ2v) is 3.71. The largest absolute Gasteiger partial charge is 0.497 e. The SMILES string of the molecule is CCOC(=O)C(C(=O)OCC)c1cccc(OC)c1. The molecule has 5 nitrogen and oxygen atoms in total. The van der Waals surface area contributed by atoms with Crippen LogP contribution in [0.2, 0.25) is 0 Å². The van der Waals surface area contributed by atoms with Crippen molar-refractivity contribution in [2.75, 3.05) is 20.3 Å². The molecule has 0 saturated carbocycles. The van der Waals surface area contributed by atoms with Crippen LogP contribution in [-0.4, -0.2) is 32.3 Å². The number of esters is 2. The Kier molecular flexibility index (Phi) is 5.85. The molecule has 5 heteroatoms. The lowest BCUT2D eigenvalue weighted by Gasteiger charge is -2.15. The van der Waals surface area contributed by atoms with E-state index >= 15 is 0 Å². The quantitative estimate of drug-likeness (QED) is 0.581. The summed E-state index contributed by atoms with van der Waals surface area (Å²) in [4.78, 5) is 23.8. The van der Waals surface area contributed by atoms with Gasteiger partial charge in [-0.15, -0.1) is 0 Å². The maximum absolute atomic E-state index is 11.9. The molecule has 0 bridgehead atoms. The summed E-state index contributed by atoms with van der Waals surface area (Å²) < 4.78 is 14.9. The van der Waals surface area contributed by atoms with Gasteiger partial charge in [0.2, 0.25) is 0 Å². The highest BCUT2D eigenvalue weighted by atomic mass is 16.6. The van der Waals surface area contributed by atoms with Gasteiger partial charge in [-0.25, -0.2) is 0 Å². The maximum atomic E-state index is 11.9. The molecule has 0 aliphatic rings. The van der Waals surface area contributed by atoms with Gasteiger partial charge in [-0.3, -0.25) is 9.59 Å². The lowest BCUT2D eigenvalue weighted by atomic mass is 9.99. The molecule has 19 heavy (non-hydrogen) atoms. The fourth-order valence-corrected chi connectivity index (χ4v) is 1.64. The lowest BCUT2D eigenvalue weighted by molar-refractivity contribution is -0.156. The summed E-state index contributed by atoms with van der Waals surface area (Å²) in [5.74, 6) is -1.74. The second kappa shape index (κ2) is 7.41. The molecule has 0 heterocycles. The van der Waals surface area contributed by atoms with E-state index in [1.807, 2.05) is 0 Å². The van der Waals surface area contributed by atoms with Crippen molar-refractivity contribution in [3.05, 3.63) is 29.8 Å². The molecule has 0 N–H and O–H groups in total. The molecular weight excluding hydrogens is 248 g/mol. The average molecular weight is 266 g/mol. The molecule has 0 aromatic heterocycles. The zero-order valence-corrected chi connectivity index (χ0v) is 11.3. The van der Waals surface area contributed by atoms with Crippen molar-refractivity contribution >= 4 is 11.9 Å². The molecule has 1 aromatic rings. The van der Waals surface area contributed by atoms with E-state index in [0.29, 0.717) is 11.3 Å². The van der Waals surface area contributed by atoms with Crippen molar-refractivity contribution in [1.82, 2.24) is 0 Å². The fourth-order valence-electron chi connectivity index (χ4n) is 1.64. The zero-order chi connectivity index (χ0) is 14.3. The van der Waals surface area contributed by atoms with Crippen molar-refractivity contribution < 1.29 is 23.8 Å². The van der Waals surface area contributed by atoms with Crippen molar-refractivity contribution in [1.29, 1.82) is 0 Å². The number of carbonyl (C=O) groups is 2. The number of hydrogen-bond acceptors (Lipinski definition) is 5. The third kappa shape index (κ3) is 3.98. The number of benzene rings is 1. The highest BCUT2D eigenvalue weighted by Crippen LogP contribution is 2.23. The van der Waals surface area contributed by atoms with Gasteiger partial charge in [0.1, 0.15) is 5.75 Å². The Morgan fingerprint density at radius 2 is 1.68 bits per heavy atom. The zero-order valence-electron chi connectivity index (χ0n) is 11.3. The summed E-state index contributed by atoms with van der Waals surface area (Å²) in [5, 5.41) is 0. The Morgan fingerprint density at radius 3 is 2.16 bits per heavy atom. The molecule has 0 atom stereocenters. The predicted octanol–water partition coefficient (Wildman–Crippen LogP) is 1.91. The predicted molar refractivity (Wildman–Crippen MR) is 69.0 cm³/mol. The maximum Gasteiger partial charge on any atom is 0.324 e. The normalized spacial score (nSPS) is 10.1. The summed E-state index contributed by atoms with van der Waals surface area (Å²) in [6.07, 6.45) is 0. The van der Waals surface area contributed by atoms with Crippen LogP contribution in [0.4, 0.5) is 0 Å². The van der Waals surface area contributed by atoms with E-state index in [4.69, 9.17) is 14.2 Å². The molecule has 0 fully saturated rings. The molecule has 0 amide bonds. The van der Waals surface area contributed by atoms with Gasteiger partial charge in [0.15, 0.2) is 5.92 Å². The summed E-state index contributed by atoms with van der Waals surface area (Å²) >= 11 is 0. The first-order valence-corrected chi connectivity index (χ1v) is 6.11. The second-order valence-electron chi connectivity index (χ2n) is 3.71. The molecule has 0 spiro atoms. The summed E-state index contributed by atoms with van der Waals surface area (Å²) in [6.45, 7) is 3.79. The minimum absolute atomic E-state index is 0.207. The van der Waals surface area contributed by atoms with Gasteiger partial charge >= 0.3 is 11.9 Å². The van der Waals surface area contributed by atoms with Crippen LogP contribution in [0.25, 0.3) is 0 Å². The van der Waals surface area contributed by atoms with E-state index in [1.165, 1.54) is 7.11 Å². The van der Waals surface area contributed by atoms with E-state index < -0.39 is 17.9 Å². The van der Waals surface area contributed by atoms with Gasteiger partial charge < -0.3 is 14.2 Å². The van der Waals surface area contributed by atoms with Crippen molar-refractivity contribution in [3.63, 3.8) is 0 Å². The summed E-state index contributed by atoms with van der Waals surface area (Å²) in [5.41, 5.74) is 0.497. The number of rotatable bonds is 6. The first-order valence-electron chi connectivity index (χ1n) is 6.11. The Balaban J connectivity index is 3.07. The third-order valence-electron chi connectivity index (χ3n) is 2.47.